The molecular formula is C15H14ClFO. The summed E-state index contributed by atoms with van der Waals surface area (Å²) in [5.74, 6) is -0.406. The quantitative estimate of drug-likeness (QED) is 0.863. The van der Waals surface area contributed by atoms with Crippen molar-refractivity contribution in [1.29, 1.82) is 0 Å². The molecule has 1 unspecified atom stereocenters. The van der Waals surface area contributed by atoms with E-state index in [1.54, 1.807) is 30.3 Å². The first kappa shape index (κ1) is 13.1. The Kier molecular flexibility index (Phi) is 3.69. The second-order valence-electron chi connectivity index (χ2n) is 4.38. The lowest BCUT2D eigenvalue weighted by Crippen LogP contribution is -2.05. The molecule has 94 valence electrons. The predicted molar refractivity (Wildman–Crippen MR) is 71.4 cm³/mol. The van der Waals surface area contributed by atoms with Gasteiger partial charge in [0.05, 0.1) is 0 Å². The minimum absolute atomic E-state index is 0.280. The second-order valence-corrected chi connectivity index (χ2v) is 4.79. The van der Waals surface area contributed by atoms with E-state index >= 15 is 0 Å². The lowest BCUT2D eigenvalue weighted by molar-refractivity contribution is 0.214. The van der Waals surface area contributed by atoms with E-state index in [1.165, 1.54) is 6.07 Å². The molecule has 0 heterocycles. The van der Waals surface area contributed by atoms with Crippen LogP contribution in [0.1, 0.15) is 28.4 Å². The summed E-state index contributed by atoms with van der Waals surface area (Å²) >= 11 is 6.01. The maximum absolute atomic E-state index is 13.7. The molecule has 0 saturated carbocycles. The van der Waals surface area contributed by atoms with E-state index in [9.17, 15) is 9.50 Å². The highest BCUT2D eigenvalue weighted by atomic mass is 35.5. The van der Waals surface area contributed by atoms with Gasteiger partial charge in [0.25, 0.3) is 0 Å². The molecule has 0 fully saturated rings. The Balaban J connectivity index is 2.50. The first-order chi connectivity index (χ1) is 8.50. The molecule has 0 amide bonds. The molecule has 0 aliphatic heterocycles. The van der Waals surface area contributed by atoms with E-state index in [-0.39, 0.29) is 5.56 Å². The Labute approximate surface area is 111 Å². The molecule has 2 aromatic carbocycles. The van der Waals surface area contributed by atoms with Crippen LogP contribution in [0.2, 0.25) is 5.02 Å². The van der Waals surface area contributed by atoms with Gasteiger partial charge in [-0.3, -0.25) is 0 Å². The third-order valence-corrected chi connectivity index (χ3v) is 3.45. The molecule has 0 aromatic heterocycles. The van der Waals surface area contributed by atoms with Crippen LogP contribution < -0.4 is 0 Å². The molecule has 3 heteroatoms. The standard InChI is InChI=1S/C15H14ClFO/c1-9-8-13(16)10(2)7-12(9)15(18)11-5-3-4-6-14(11)17/h3-8,15,18H,1-2H3. The fourth-order valence-corrected chi connectivity index (χ4v) is 2.18. The SMILES string of the molecule is Cc1cc(C(O)c2ccccc2F)c(C)cc1Cl. The summed E-state index contributed by atoms with van der Waals surface area (Å²) in [6.07, 6.45) is -0.970. The smallest absolute Gasteiger partial charge is 0.129 e. The van der Waals surface area contributed by atoms with E-state index in [1.807, 2.05) is 13.8 Å². The van der Waals surface area contributed by atoms with E-state index in [0.29, 0.717) is 10.6 Å². The topological polar surface area (TPSA) is 20.2 Å². The molecular weight excluding hydrogens is 251 g/mol. The highest BCUT2D eigenvalue weighted by Crippen LogP contribution is 2.30. The van der Waals surface area contributed by atoms with Crippen LogP contribution in [0.4, 0.5) is 4.39 Å². The van der Waals surface area contributed by atoms with Crippen LogP contribution in [-0.4, -0.2) is 5.11 Å². The average molecular weight is 265 g/mol. The van der Waals surface area contributed by atoms with E-state index in [4.69, 9.17) is 11.6 Å². The fourth-order valence-electron chi connectivity index (χ4n) is 1.96. The van der Waals surface area contributed by atoms with Gasteiger partial charge < -0.3 is 5.11 Å². The van der Waals surface area contributed by atoms with Gasteiger partial charge in [0.15, 0.2) is 0 Å². The Bertz CT molecular complexity index is 581. The number of aryl methyl sites for hydroxylation is 2. The normalized spacial score (nSPS) is 12.5. The Hall–Kier alpha value is -1.38. The van der Waals surface area contributed by atoms with Crippen molar-refractivity contribution in [2.45, 2.75) is 20.0 Å². The summed E-state index contributed by atoms with van der Waals surface area (Å²) in [5.41, 5.74) is 2.68. The van der Waals surface area contributed by atoms with Crippen LogP contribution in [0, 0.1) is 19.7 Å². The molecule has 0 aliphatic carbocycles. The van der Waals surface area contributed by atoms with E-state index < -0.39 is 11.9 Å². The van der Waals surface area contributed by atoms with Crippen molar-refractivity contribution in [2.75, 3.05) is 0 Å². The number of benzene rings is 2. The van der Waals surface area contributed by atoms with Crippen molar-refractivity contribution in [2.24, 2.45) is 0 Å². The van der Waals surface area contributed by atoms with E-state index in [0.717, 1.165) is 11.1 Å². The average Bonchev–Trinajstić information content (AvgIpc) is 2.33. The monoisotopic (exact) mass is 264 g/mol. The van der Waals surface area contributed by atoms with Crippen LogP contribution in [0.15, 0.2) is 36.4 Å². The summed E-state index contributed by atoms with van der Waals surface area (Å²) in [6.45, 7) is 3.71. The molecule has 1 nitrogen and oxygen atoms in total. The van der Waals surface area contributed by atoms with Gasteiger partial charge in [-0.15, -0.1) is 0 Å². The maximum Gasteiger partial charge on any atom is 0.129 e. The van der Waals surface area contributed by atoms with Gasteiger partial charge in [-0.1, -0.05) is 35.9 Å². The number of halogens is 2. The molecule has 1 N–H and O–H groups in total. The zero-order chi connectivity index (χ0) is 13.3. The summed E-state index contributed by atoms with van der Waals surface area (Å²) in [4.78, 5) is 0. The van der Waals surface area contributed by atoms with Crippen molar-refractivity contribution in [3.63, 3.8) is 0 Å². The number of aliphatic hydroxyl groups excluding tert-OH is 1. The first-order valence-electron chi connectivity index (χ1n) is 5.70. The van der Waals surface area contributed by atoms with Crippen LogP contribution in [0.25, 0.3) is 0 Å². The molecule has 0 bridgehead atoms. The van der Waals surface area contributed by atoms with Gasteiger partial charge >= 0.3 is 0 Å². The summed E-state index contributed by atoms with van der Waals surface area (Å²) < 4.78 is 13.7. The number of aliphatic hydroxyl groups is 1. The van der Waals surface area contributed by atoms with Crippen molar-refractivity contribution < 1.29 is 9.50 Å². The van der Waals surface area contributed by atoms with Gasteiger partial charge in [0.2, 0.25) is 0 Å². The van der Waals surface area contributed by atoms with Crippen LogP contribution >= 0.6 is 11.6 Å². The van der Waals surface area contributed by atoms with Crippen molar-refractivity contribution in [3.05, 3.63) is 69.5 Å². The molecule has 0 spiro atoms. The molecule has 2 aromatic rings. The number of rotatable bonds is 2. The van der Waals surface area contributed by atoms with E-state index in [2.05, 4.69) is 0 Å². The molecule has 1 atom stereocenters. The maximum atomic E-state index is 13.7. The van der Waals surface area contributed by atoms with Gasteiger partial charge in [-0.05, 0) is 42.7 Å². The lowest BCUT2D eigenvalue weighted by atomic mass is 9.95. The third-order valence-electron chi connectivity index (χ3n) is 3.04. The summed E-state index contributed by atoms with van der Waals surface area (Å²) in [7, 11) is 0. The number of hydrogen-bond donors (Lipinski definition) is 1. The highest BCUT2D eigenvalue weighted by Gasteiger charge is 2.17. The van der Waals surface area contributed by atoms with Gasteiger partial charge in [-0.2, -0.15) is 0 Å². The van der Waals surface area contributed by atoms with Crippen LogP contribution in [-0.2, 0) is 0 Å². The minimum Gasteiger partial charge on any atom is -0.384 e. The third kappa shape index (κ3) is 2.40. The molecule has 2 rings (SSSR count). The Morgan fingerprint density at radius 2 is 1.72 bits per heavy atom. The molecule has 0 aliphatic rings. The predicted octanol–water partition coefficient (Wildman–Crippen LogP) is 4.18. The Morgan fingerprint density at radius 1 is 1.06 bits per heavy atom. The van der Waals surface area contributed by atoms with Crippen LogP contribution in [0.5, 0.6) is 0 Å². The van der Waals surface area contributed by atoms with Gasteiger partial charge in [0.1, 0.15) is 11.9 Å². The van der Waals surface area contributed by atoms with Crippen molar-refractivity contribution in [1.82, 2.24) is 0 Å². The Morgan fingerprint density at radius 3 is 2.39 bits per heavy atom. The minimum atomic E-state index is -0.970. The second kappa shape index (κ2) is 5.09. The zero-order valence-electron chi connectivity index (χ0n) is 10.2. The largest absolute Gasteiger partial charge is 0.384 e. The zero-order valence-corrected chi connectivity index (χ0v) is 11.0. The molecule has 0 saturated heterocycles. The van der Waals surface area contributed by atoms with Crippen LogP contribution in [0.3, 0.4) is 0 Å². The molecule has 18 heavy (non-hydrogen) atoms. The fraction of sp³-hybridized carbons (Fsp3) is 0.200. The van der Waals surface area contributed by atoms with Crippen molar-refractivity contribution >= 4 is 11.6 Å². The van der Waals surface area contributed by atoms with Gasteiger partial charge in [0, 0.05) is 10.6 Å². The molecule has 0 radical (unpaired) electrons. The number of hydrogen-bond acceptors (Lipinski definition) is 1. The first-order valence-corrected chi connectivity index (χ1v) is 6.07. The van der Waals surface area contributed by atoms with Crippen molar-refractivity contribution in [3.8, 4) is 0 Å². The summed E-state index contributed by atoms with van der Waals surface area (Å²) in [5, 5.41) is 10.9. The lowest BCUT2D eigenvalue weighted by Gasteiger charge is -2.16. The highest BCUT2D eigenvalue weighted by molar-refractivity contribution is 6.31. The van der Waals surface area contributed by atoms with Gasteiger partial charge in [-0.25, -0.2) is 4.39 Å². The summed E-state index contributed by atoms with van der Waals surface area (Å²) in [6, 6.07) is 9.83.